The molecule has 0 radical (unpaired) electrons. The van der Waals surface area contributed by atoms with E-state index in [1.54, 1.807) is 26.2 Å². The Labute approximate surface area is 218 Å². The van der Waals surface area contributed by atoms with Crippen LogP contribution in [0.5, 0.6) is 5.75 Å². The van der Waals surface area contributed by atoms with Crippen LogP contribution in [0.3, 0.4) is 0 Å². The van der Waals surface area contributed by atoms with Crippen LogP contribution in [0.2, 0.25) is 5.02 Å². The van der Waals surface area contributed by atoms with E-state index >= 15 is 0 Å². The molecular weight excluding hydrogens is 520 g/mol. The molecule has 0 aliphatic heterocycles. The molecule has 2 unspecified atom stereocenters. The van der Waals surface area contributed by atoms with Gasteiger partial charge >= 0.3 is 12.4 Å². The van der Waals surface area contributed by atoms with Gasteiger partial charge in [-0.2, -0.15) is 26.3 Å². The fraction of sp³-hybridized carbons (Fsp3) is 0.556. The highest BCUT2D eigenvalue weighted by Crippen LogP contribution is 2.48. The lowest BCUT2D eigenvalue weighted by Gasteiger charge is -2.42. The van der Waals surface area contributed by atoms with Gasteiger partial charge in [0.05, 0.1) is 24.3 Å². The lowest BCUT2D eigenvalue weighted by atomic mass is 9.65. The molecule has 0 heterocycles. The molecule has 2 aromatic carbocycles. The van der Waals surface area contributed by atoms with Crippen molar-refractivity contribution in [1.82, 2.24) is 5.32 Å². The Morgan fingerprint density at radius 3 is 2.19 bits per heavy atom. The predicted octanol–water partition coefficient (Wildman–Crippen LogP) is 8.01. The molecule has 37 heavy (non-hydrogen) atoms. The fourth-order valence-corrected chi connectivity index (χ4v) is 5.42. The normalized spacial score (nSPS) is 21.9. The van der Waals surface area contributed by atoms with Crippen molar-refractivity contribution in [2.24, 2.45) is 11.3 Å². The molecule has 1 aliphatic rings. The van der Waals surface area contributed by atoms with Crippen molar-refractivity contribution in [2.75, 3.05) is 13.7 Å². The summed E-state index contributed by atoms with van der Waals surface area (Å²) in [7, 11) is 1.58. The van der Waals surface area contributed by atoms with Gasteiger partial charge in [0.15, 0.2) is 0 Å². The van der Waals surface area contributed by atoms with Crippen molar-refractivity contribution < 1.29 is 36.2 Å². The maximum absolute atomic E-state index is 13.3. The molecule has 1 aliphatic carbocycles. The van der Waals surface area contributed by atoms with Gasteiger partial charge in [-0.25, -0.2) is 0 Å². The molecule has 3 rings (SSSR count). The molecule has 10 heteroatoms. The zero-order valence-electron chi connectivity index (χ0n) is 21.1. The average Bonchev–Trinajstić information content (AvgIpc) is 2.80. The molecule has 0 aromatic heterocycles. The van der Waals surface area contributed by atoms with Gasteiger partial charge in [0.1, 0.15) is 5.75 Å². The molecule has 0 bridgehead atoms. The molecule has 0 spiro atoms. The van der Waals surface area contributed by atoms with Gasteiger partial charge in [-0.1, -0.05) is 25.4 Å². The van der Waals surface area contributed by atoms with Gasteiger partial charge in [-0.15, -0.1) is 0 Å². The first-order chi connectivity index (χ1) is 17.0. The standard InChI is InChI=1S/C27H32ClF6NO2/c1-15(24(36)16-9-18(26(29,30)31)11-19(10-16)27(32,33)34)35-14-17-13-25(2,3)8-7-21(17)22-12-20(28)5-6-23(22)37-4/h5-6,9-12,15,17,21,24,35-36H,7-8,13-14H2,1-4H3/t15-,17?,21?,24-/m0/s1. The maximum atomic E-state index is 13.3. The third-order valence-corrected chi connectivity index (χ3v) is 7.47. The quantitative estimate of drug-likeness (QED) is 0.342. The lowest BCUT2D eigenvalue weighted by molar-refractivity contribution is -0.143. The highest BCUT2D eigenvalue weighted by Gasteiger charge is 2.39. The monoisotopic (exact) mass is 551 g/mol. The highest BCUT2D eigenvalue weighted by atomic mass is 35.5. The lowest BCUT2D eigenvalue weighted by Crippen LogP contribution is -2.40. The second kappa shape index (κ2) is 11.0. The largest absolute Gasteiger partial charge is 0.496 e. The summed E-state index contributed by atoms with van der Waals surface area (Å²) in [5, 5.41) is 14.5. The van der Waals surface area contributed by atoms with Crippen LogP contribution in [0, 0.1) is 11.3 Å². The number of hydrogen-bond donors (Lipinski definition) is 2. The van der Waals surface area contributed by atoms with Crippen molar-refractivity contribution >= 4 is 11.6 Å². The van der Waals surface area contributed by atoms with Crippen molar-refractivity contribution in [3.8, 4) is 5.75 Å². The molecule has 0 amide bonds. The number of nitrogens with one attached hydrogen (secondary N) is 1. The summed E-state index contributed by atoms with van der Waals surface area (Å²) in [6, 6.07) is 5.81. The SMILES string of the molecule is COc1ccc(Cl)cc1C1CCC(C)(C)CC1CN[C@@H](C)[C@H](O)c1cc(C(F)(F)F)cc(C(F)(F)F)c1. The Balaban J connectivity index is 1.84. The first kappa shape index (κ1) is 29.6. The summed E-state index contributed by atoms with van der Waals surface area (Å²) in [5.41, 5.74) is -2.35. The molecule has 2 aromatic rings. The maximum Gasteiger partial charge on any atom is 0.416 e. The van der Waals surface area contributed by atoms with E-state index in [1.165, 1.54) is 0 Å². The van der Waals surface area contributed by atoms with E-state index in [9.17, 15) is 31.4 Å². The average molecular weight is 552 g/mol. The van der Waals surface area contributed by atoms with Gasteiger partial charge in [-0.05, 0) is 97.5 Å². The Morgan fingerprint density at radius 2 is 1.65 bits per heavy atom. The predicted molar refractivity (Wildman–Crippen MR) is 131 cm³/mol. The van der Waals surface area contributed by atoms with Crippen molar-refractivity contribution in [2.45, 2.75) is 70.4 Å². The van der Waals surface area contributed by atoms with Gasteiger partial charge in [0.2, 0.25) is 0 Å². The molecule has 2 N–H and O–H groups in total. The number of aliphatic hydroxyl groups is 1. The summed E-state index contributed by atoms with van der Waals surface area (Å²) in [6.45, 7) is 6.25. The van der Waals surface area contributed by atoms with Crippen LogP contribution in [-0.2, 0) is 12.4 Å². The van der Waals surface area contributed by atoms with Crippen LogP contribution in [-0.4, -0.2) is 24.8 Å². The zero-order valence-corrected chi connectivity index (χ0v) is 21.9. The summed E-state index contributed by atoms with van der Waals surface area (Å²) < 4.78 is 85.2. The van der Waals surface area contributed by atoms with E-state index in [0.29, 0.717) is 29.4 Å². The highest BCUT2D eigenvalue weighted by molar-refractivity contribution is 6.30. The number of methoxy groups -OCH3 is 1. The van der Waals surface area contributed by atoms with Crippen molar-refractivity contribution in [3.05, 3.63) is 63.7 Å². The number of ether oxygens (including phenoxy) is 1. The van der Waals surface area contributed by atoms with Crippen LogP contribution in [0.25, 0.3) is 0 Å². The van der Waals surface area contributed by atoms with Gasteiger partial charge in [0.25, 0.3) is 0 Å². The number of hydrogen-bond acceptors (Lipinski definition) is 3. The Morgan fingerprint density at radius 1 is 1.05 bits per heavy atom. The molecule has 3 nitrogen and oxygen atoms in total. The van der Waals surface area contributed by atoms with Crippen molar-refractivity contribution in [1.29, 1.82) is 0 Å². The topological polar surface area (TPSA) is 41.5 Å². The third kappa shape index (κ3) is 7.33. The van der Waals surface area contributed by atoms with E-state index in [0.717, 1.165) is 24.8 Å². The fourth-order valence-electron chi connectivity index (χ4n) is 5.24. The third-order valence-electron chi connectivity index (χ3n) is 7.23. The summed E-state index contributed by atoms with van der Waals surface area (Å²) in [5.74, 6) is 0.845. The van der Waals surface area contributed by atoms with E-state index in [4.69, 9.17) is 16.3 Å². The van der Waals surface area contributed by atoms with Gasteiger partial charge in [-0.3, -0.25) is 0 Å². The number of alkyl halides is 6. The number of benzene rings is 2. The molecule has 1 fully saturated rings. The number of rotatable bonds is 7. The summed E-state index contributed by atoms with van der Waals surface area (Å²) in [4.78, 5) is 0. The number of halogens is 7. The smallest absolute Gasteiger partial charge is 0.416 e. The number of aliphatic hydroxyl groups excluding tert-OH is 1. The van der Waals surface area contributed by atoms with Gasteiger partial charge in [0, 0.05) is 11.1 Å². The molecule has 4 atom stereocenters. The van der Waals surface area contributed by atoms with Crippen LogP contribution >= 0.6 is 11.6 Å². The van der Waals surface area contributed by atoms with Gasteiger partial charge < -0.3 is 15.2 Å². The second-order valence-corrected chi connectivity index (χ2v) is 11.1. The van der Waals surface area contributed by atoms with E-state index < -0.39 is 41.2 Å². The summed E-state index contributed by atoms with van der Waals surface area (Å²) in [6.07, 6.45) is -8.90. The minimum Gasteiger partial charge on any atom is -0.496 e. The first-order valence-corrected chi connectivity index (χ1v) is 12.4. The van der Waals surface area contributed by atoms with Crippen LogP contribution in [0.15, 0.2) is 36.4 Å². The first-order valence-electron chi connectivity index (χ1n) is 12.1. The van der Waals surface area contributed by atoms with E-state index in [-0.39, 0.29) is 23.3 Å². The zero-order chi connectivity index (χ0) is 27.8. The van der Waals surface area contributed by atoms with Crippen LogP contribution < -0.4 is 10.1 Å². The Hall–Kier alpha value is -1.97. The minimum absolute atomic E-state index is 0.0408. The minimum atomic E-state index is -4.98. The van der Waals surface area contributed by atoms with E-state index in [1.807, 2.05) is 6.07 Å². The van der Waals surface area contributed by atoms with E-state index in [2.05, 4.69) is 19.2 Å². The molecule has 1 saturated carbocycles. The second-order valence-electron chi connectivity index (χ2n) is 10.6. The van der Waals surface area contributed by atoms with Crippen LogP contribution in [0.4, 0.5) is 26.3 Å². The molecule has 0 saturated heterocycles. The molecular formula is C27H32ClF6NO2. The Bertz CT molecular complexity index is 1050. The summed E-state index contributed by atoms with van der Waals surface area (Å²) >= 11 is 6.26. The molecule has 206 valence electrons. The van der Waals surface area contributed by atoms with Crippen molar-refractivity contribution in [3.63, 3.8) is 0 Å². The van der Waals surface area contributed by atoms with Crippen LogP contribution in [0.1, 0.15) is 74.3 Å². The Kier molecular flexibility index (Phi) is 8.82.